The molecule has 6 nitrogen and oxygen atoms in total. The molecule has 2 N–H and O–H groups in total. The van der Waals surface area contributed by atoms with Crippen LogP contribution in [0.15, 0.2) is 0 Å². The average Bonchev–Trinajstić information content (AvgIpc) is 2.48. The van der Waals surface area contributed by atoms with Crippen molar-refractivity contribution in [3.63, 3.8) is 0 Å². The maximum Gasteiger partial charge on any atom is 0.303 e. The number of nitrogens with one attached hydrogen (secondary N) is 1. The van der Waals surface area contributed by atoms with E-state index in [1.54, 1.807) is 4.31 Å². The van der Waals surface area contributed by atoms with Crippen molar-refractivity contribution >= 4 is 16.2 Å². The zero-order valence-electron chi connectivity index (χ0n) is 12.3. The number of aliphatic carboxylic acids is 1. The minimum atomic E-state index is -3.49. The lowest BCUT2D eigenvalue weighted by molar-refractivity contribution is -0.138. The molecule has 0 aromatic rings. The van der Waals surface area contributed by atoms with E-state index in [2.05, 4.69) is 4.72 Å². The molecule has 0 aromatic heterocycles. The Morgan fingerprint density at radius 3 is 2.15 bits per heavy atom. The lowest BCUT2D eigenvalue weighted by atomic mass is 9.90. The topological polar surface area (TPSA) is 86.7 Å². The molecule has 2 unspecified atom stereocenters. The molecule has 2 rings (SSSR count). The quantitative estimate of drug-likeness (QED) is 0.820. The molecule has 0 aliphatic carbocycles. The Labute approximate surface area is 120 Å². The normalized spacial score (nSPS) is 31.4. The van der Waals surface area contributed by atoms with Gasteiger partial charge in [-0.1, -0.05) is 0 Å². The molecule has 2 aliphatic rings. The summed E-state index contributed by atoms with van der Waals surface area (Å²) in [5.41, 5.74) is -0.504. The highest BCUT2D eigenvalue weighted by Crippen LogP contribution is 2.41. The molecular formula is C13H24N2O4S. The van der Waals surface area contributed by atoms with Gasteiger partial charge in [0, 0.05) is 24.0 Å². The number of hydrogen-bond donors (Lipinski definition) is 2. The van der Waals surface area contributed by atoms with Crippen LogP contribution >= 0.6 is 0 Å². The fourth-order valence-electron chi connectivity index (χ4n) is 3.49. The van der Waals surface area contributed by atoms with Gasteiger partial charge in [0.2, 0.25) is 0 Å². The first kappa shape index (κ1) is 15.7. The molecule has 7 heteroatoms. The molecule has 2 fully saturated rings. The third-order valence-corrected chi connectivity index (χ3v) is 5.96. The number of rotatable bonds is 4. The van der Waals surface area contributed by atoms with Crippen LogP contribution < -0.4 is 4.72 Å². The van der Waals surface area contributed by atoms with E-state index < -0.39 is 21.7 Å². The van der Waals surface area contributed by atoms with Crippen molar-refractivity contribution in [1.29, 1.82) is 0 Å². The lowest BCUT2D eigenvalue weighted by Gasteiger charge is -2.38. The summed E-state index contributed by atoms with van der Waals surface area (Å²) in [7, 11) is -3.49. The fraction of sp³-hybridized carbons (Fsp3) is 0.923. The molecule has 2 atom stereocenters. The highest BCUT2D eigenvalue weighted by Gasteiger charge is 2.47. The Kier molecular flexibility index (Phi) is 4.15. The van der Waals surface area contributed by atoms with Crippen molar-refractivity contribution in [2.75, 3.05) is 0 Å². The molecule has 2 saturated heterocycles. The van der Waals surface area contributed by atoms with Crippen LogP contribution in [0.2, 0.25) is 0 Å². The van der Waals surface area contributed by atoms with E-state index in [9.17, 15) is 13.2 Å². The average molecular weight is 304 g/mol. The van der Waals surface area contributed by atoms with Crippen molar-refractivity contribution in [2.24, 2.45) is 5.92 Å². The third kappa shape index (κ3) is 3.51. The van der Waals surface area contributed by atoms with Crippen molar-refractivity contribution in [3.8, 4) is 0 Å². The van der Waals surface area contributed by atoms with E-state index in [1.807, 2.05) is 20.8 Å². The number of nitrogens with zero attached hydrogens (tertiary/aromatic N) is 1. The molecule has 116 valence electrons. The summed E-state index contributed by atoms with van der Waals surface area (Å²) in [5.74, 6) is -0.690. The van der Waals surface area contributed by atoms with Crippen molar-refractivity contribution in [2.45, 2.75) is 70.5 Å². The largest absolute Gasteiger partial charge is 0.481 e. The highest BCUT2D eigenvalue weighted by molar-refractivity contribution is 7.87. The first-order valence-electron chi connectivity index (χ1n) is 7.13. The predicted octanol–water partition coefficient (Wildman–Crippen LogP) is 1.34. The molecule has 0 radical (unpaired) electrons. The number of carboxylic acid groups (broad SMARTS) is 1. The summed E-state index contributed by atoms with van der Waals surface area (Å²) < 4.78 is 29.3. The van der Waals surface area contributed by atoms with Gasteiger partial charge < -0.3 is 5.11 Å². The standard InChI is InChI=1S/C13H24N2O4S/c1-13(2,3)14-20(18,19)15-10-4-5-11(15)7-9(6-10)8-12(16)17/h9-11,14H,4-8H2,1-3H3,(H,16,17). The maximum absolute atomic E-state index is 12.5. The predicted molar refractivity (Wildman–Crippen MR) is 75.4 cm³/mol. The van der Waals surface area contributed by atoms with E-state index in [1.165, 1.54) is 0 Å². The van der Waals surface area contributed by atoms with Gasteiger partial charge in [0.1, 0.15) is 0 Å². The molecule has 0 saturated carbocycles. The summed E-state index contributed by atoms with van der Waals surface area (Å²) in [6.45, 7) is 5.47. The van der Waals surface area contributed by atoms with E-state index in [-0.39, 0.29) is 24.4 Å². The van der Waals surface area contributed by atoms with Crippen LogP contribution in [-0.2, 0) is 15.0 Å². The second-order valence-electron chi connectivity index (χ2n) is 7.01. The highest BCUT2D eigenvalue weighted by atomic mass is 32.2. The summed E-state index contributed by atoms with van der Waals surface area (Å²) in [5, 5.41) is 8.89. The lowest BCUT2D eigenvalue weighted by Crippen LogP contribution is -2.55. The molecule has 0 aromatic carbocycles. The Bertz CT molecular complexity index is 469. The monoisotopic (exact) mass is 304 g/mol. The molecule has 0 amide bonds. The van der Waals surface area contributed by atoms with E-state index in [4.69, 9.17) is 5.11 Å². The fourth-order valence-corrected chi connectivity index (χ4v) is 5.54. The van der Waals surface area contributed by atoms with Gasteiger partial charge >= 0.3 is 5.97 Å². The smallest absolute Gasteiger partial charge is 0.303 e. The molecule has 0 spiro atoms. The van der Waals surface area contributed by atoms with Crippen molar-refractivity contribution < 1.29 is 18.3 Å². The molecule has 2 heterocycles. The molecule has 20 heavy (non-hydrogen) atoms. The summed E-state index contributed by atoms with van der Waals surface area (Å²) in [6.07, 6.45) is 3.15. The zero-order chi connectivity index (χ0) is 15.1. The number of fused-ring (bicyclic) bond motifs is 2. The van der Waals surface area contributed by atoms with Gasteiger partial charge in [-0.2, -0.15) is 17.4 Å². The van der Waals surface area contributed by atoms with Gasteiger partial charge in [-0.3, -0.25) is 4.79 Å². The minimum absolute atomic E-state index is 0.0436. The van der Waals surface area contributed by atoms with Crippen LogP contribution in [0.25, 0.3) is 0 Å². The molecular weight excluding hydrogens is 280 g/mol. The number of carbonyl (C=O) groups is 1. The Morgan fingerprint density at radius 1 is 1.25 bits per heavy atom. The summed E-state index contributed by atoms with van der Waals surface area (Å²) >= 11 is 0. The third-order valence-electron chi connectivity index (χ3n) is 3.94. The molecule has 2 aliphatic heterocycles. The van der Waals surface area contributed by atoms with Gasteiger partial charge in [-0.15, -0.1) is 0 Å². The van der Waals surface area contributed by atoms with Crippen molar-refractivity contribution in [3.05, 3.63) is 0 Å². The first-order chi connectivity index (χ1) is 9.08. The Hall–Kier alpha value is -0.660. The van der Waals surface area contributed by atoms with Crippen LogP contribution in [0.1, 0.15) is 52.9 Å². The van der Waals surface area contributed by atoms with Gasteiger partial charge in [-0.05, 0) is 52.4 Å². The van der Waals surface area contributed by atoms with Crippen LogP contribution in [0.4, 0.5) is 0 Å². The first-order valence-corrected chi connectivity index (χ1v) is 8.57. The van der Waals surface area contributed by atoms with Gasteiger partial charge in [0.25, 0.3) is 10.2 Å². The summed E-state index contributed by atoms with van der Waals surface area (Å²) in [6, 6.07) is -0.0871. The van der Waals surface area contributed by atoms with E-state index >= 15 is 0 Å². The van der Waals surface area contributed by atoms with Crippen LogP contribution in [0, 0.1) is 5.92 Å². The van der Waals surface area contributed by atoms with Crippen LogP contribution in [0.3, 0.4) is 0 Å². The number of carboxylic acids is 1. The zero-order valence-corrected chi connectivity index (χ0v) is 13.1. The van der Waals surface area contributed by atoms with Gasteiger partial charge in [-0.25, -0.2) is 0 Å². The number of piperidine rings is 1. The van der Waals surface area contributed by atoms with Gasteiger partial charge in [0.05, 0.1) is 0 Å². The molecule has 2 bridgehead atoms. The van der Waals surface area contributed by atoms with Crippen LogP contribution in [-0.4, -0.2) is 41.4 Å². The van der Waals surface area contributed by atoms with Crippen LogP contribution in [0.5, 0.6) is 0 Å². The second kappa shape index (κ2) is 5.27. The van der Waals surface area contributed by atoms with E-state index in [0.717, 1.165) is 12.8 Å². The van der Waals surface area contributed by atoms with Gasteiger partial charge in [0.15, 0.2) is 0 Å². The van der Waals surface area contributed by atoms with E-state index in [0.29, 0.717) is 12.8 Å². The maximum atomic E-state index is 12.5. The second-order valence-corrected chi connectivity index (χ2v) is 8.58. The number of hydrogen-bond acceptors (Lipinski definition) is 3. The summed E-state index contributed by atoms with van der Waals surface area (Å²) in [4.78, 5) is 10.8. The Balaban J connectivity index is 2.11. The Morgan fingerprint density at radius 2 is 1.75 bits per heavy atom. The van der Waals surface area contributed by atoms with Crippen molar-refractivity contribution in [1.82, 2.24) is 9.03 Å². The SMILES string of the molecule is CC(C)(C)NS(=O)(=O)N1C2CCC1CC(CC(=O)O)C2. The minimum Gasteiger partial charge on any atom is -0.481 e.